The second-order valence-electron chi connectivity index (χ2n) is 4.56. The molecule has 0 aliphatic heterocycles. The first-order valence-electron chi connectivity index (χ1n) is 6.53. The number of nitrogens with zero attached hydrogens (tertiary/aromatic N) is 2. The summed E-state index contributed by atoms with van der Waals surface area (Å²) in [5.74, 6) is 2.42. The molecule has 0 fully saturated rings. The molecule has 0 saturated carbocycles. The van der Waals surface area contributed by atoms with Crippen LogP contribution in [0.5, 0.6) is 0 Å². The van der Waals surface area contributed by atoms with Crippen molar-refractivity contribution in [2.45, 2.75) is 0 Å². The number of hydrogen-bond donors (Lipinski definition) is 0. The average molecular weight is 357 g/mol. The fourth-order valence-corrected chi connectivity index (χ4v) is 2.31. The van der Waals surface area contributed by atoms with Gasteiger partial charge >= 0.3 is 0 Å². The van der Waals surface area contributed by atoms with Crippen molar-refractivity contribution in [3.05, 3.63) is 59.3 Å². The van der Waals surface area contributed by atoms with Crippen LogP contribution >= 0.6 is 15.9 Å². The van der Waals surface area contributed by atoms with Crippen molar-refractivity contribution in [3.8, 4) is 34.6 Å². The monoisotopic (exact) mass is 356 g/mol. The van der Waals surface area contributed by atoms with Crippen molar-refractivity contribution < 1.29 is 13.3 Å². The summed E-state index contributed by atoms with van der Waals surface area (Å²) in [5, 5.41) is 7.94. The van der Waals surface area contributed by atoms with Gasteiger partial charge in [0.1, 0.15) is 5.76 Å². The lowest BCUT2D eigenvalue weighted by molar-refractivity contribution is 0.504. The van der Waals surface area contributed by atoms with Gasteiger partial charge in [-0.2, -0.15) is 0 Å². The molecule has 0 bridgehead atoms. The van der Waals surface area contributed by atoms with E-state index in [0.717, 1.165) is 15.8 Å². The van der Waals surface area contributed by atoms with Gasteiger partial charge in [-0.1, -0.05) is 28.1 Å². The maximum atomic E-state index is 5.78. The molecule has 0 saturated heterocycles. The minimum absolute atomic E-state index is 0.315. The molecule has 5 nitrogen and oxygen atoms in total. The molecule has 3 heterocycles. The summed E-state index contributed by atoms with van der Waals surface area (Å²) in [6, 6.07) is 15.0. The minimum atomic E-state index is 0.315. The lowest BCUT2D eigenvalue weighted by atomic mass is 10.2. The van der Waals surface area contributed by atoms with Crippen LogP contribution in [0.1, 0.15) is 0 Å². The Morgan fingerprint density at radius 3 is 2.18 bits per heavy atom. The van der Waals surface area contributed by atoms with Crippen LogP contribution in [0.15, 0.2) is 72.5 Å². The molecule has 108 valence electrons. The zero-order valence-corrected chi connectivity index (χ0v) is 12.8. The van der Waals surface area contributed by atoms with Gasteiger partial charge in [0.05, 0.1) is 6.26 Å². The number of halogens is 1. The van der Waals surface area contributed by atoms with Crippen LogP contribution in [0, 0.1) is 0 Å². The largest absolute Gasteiger partial charge is 0.459 e. The summed E-state index contributed by atoms with van der Waals surface area (Å²) in [7, 11) is 0. The van der Waals surface area contributed by atoms with Crippen LogP contribution in [-0.2, 0) is 0 Å². The van der Waals surface area contributed by atoms with Gasteiger partial charge in [-0.15, -0.1) is 10.2 Å². The second kappa shape index (κ2) is 5.31. The SMILES string of the molecule is Brc1ccc(-c2ccc(-c3nnc(-c4ccco4)o3)o2)cc1. The lowest BCUT2D eigenvalue weighted by Gasteiger charge is -1.96. The molecule has 0 amide bonds. The first-order valence-corrected chi connectivity index (χ1v) is 7.32. The normalized spacial score (nSPS) is 11.0. The lowest BCUT2D eigenvalue weighted by Crippen LogP contribution is -1.74. The Labute approximate surface area is 133 Å². The van der Waals surface area contributed by atoms with Gasteiger partial charge < -0.3 is 13.3 Å². The van der Waals surface area contributed by atoms with E-state index in [2.05, 4.69) is 26.1 Å². The molecular weight excluding hydrogens is 348 g/mol. The molecule has 0 spiro atoms. The summed E-state index contributed by atoms with van der Waals surface area (Å²) < 4.78 is 17.6. The van der Waals surface area contributed by atoms with Crippen molar-refractivity contribution in [2.75, 3.05) is 0 Å². The van der Waals surface area contributed by atoms with E-state index in [1.807, 2.05) is 30.3 Å². The molecule has 0 aliphatic rings. The van der Waals surface area contributed by atoms with E-state index in [4.69, 9.17) is 13.3 Å². The van der Waals surface area contributed by atoms with Gasteiger partial charge in [0.2, 0.25) is 0 Å². The highest BCUT2D eigenvalue weighted by Crippen LogP contribution is 2.30. The number of furan rings is 2. The van der Waals surface area contributed by atoms with Crippen LogP contribution < -0.4 is 0 Å². The van der Waals surface area contributed by atoms with Crippen molar-refractivity contribution in [3.63, 3.8) is 0 Å². The van der Waals surface area contributed by atoms with Crippen LogP contribution in [0.3, 0.4) is 0 Å². The zero-order chi connectivity index (χ0) is 14.9. The summed E-state index contributed by atoms with van der Waals surface area (Å²) >= 11 is 3.41. The predicted molar refractivity (Wildman–Crippen MR) is 82.8 cm³/mol. The summed E-state index contributed by atoms with van der Waals surface area (Å²) in [5.41, 5.74) is 0.972. The molecular formula is C16H9BrN2O3. The van der Waals surface area contributed by atoms with Crippen LogP contribution in [0.25, 0.3) is 34.6 Å². The van der Waals surface area contributed by atoms with E-state index in [-0.39, 0.29) is 0 Å². The van der Waals surface area contributed by atoms with Gasteiger partial charge in [-0.25, -0.2) is 0 Å². The zero-order valence-electron chi connectivity index (χ0n) is 11.2. The highest BCUT2D eigenvalue weighted by atomic mass is 79.9. The third-order valence-electron chi connectivity index (χ3n) is 3.10. The Bertz CT molecular complexity index is 892. The van der Waals surface area contributed by atoms with Crippen LogP contribution in [0.2, 0.25) is 0 Å². The highest BCUT2D eigenvalue weighted by Gasteiger charge is 2.15. The molecule has 0 radical (unpaired) electrons. The standard InChI is InChI=1S/C16H9BrN2O3/c17-11-5-3-10(4-6-11)12-7-8-14(21-12)16-19-18-15(22-16)13-2-1-9-20-13/h1-9H. The Kier molecular flexibility index (Phi) is 3.16. The van der Waals surface area contributed by atoms with E-state index in [0.29, 0.717) is 23.3 Å². The second-order valence-corrected chi connectivity index (χ2v) is 5.48. The van der Waals surface area contributed by atoms with Crippen molar-refractivity contribution >= 4 is 15.9 Å². The average Bonchev–Trinajstić information content (AvgIpc) is 3.27. The van der Waals surface area contributed by atoms with Crippen molar-refractivity contribution in [2.24, 2.45) is 0 Å². The predicted octanol–water partition coefficient (Wildman–Crippen LogP) is 5.02. The quantitative estimate of drug-likeness (QED) is 0.515. The fourth-order valence-electron chi connectivity index (χ4n) is 2.04. The van der Waals surface area contributed by atoms with Crippen LogP contribution in [0.4, 0.5) is 0 Å². The van der Waals surface area contributed by atoms with Crippen molar-refractivity contribution in [1.82, 2.24) is 10.2 Å². The summed E-state index contributed by atoms with van der Waals surface area (Å²) in [4.78, 5) is 0. The van der Waals surface area contributed by atoms with Gasteiger partial charge in [0, 0.05) is 10.0 Å². The minimum Gasteiger partial charge on any atom is -0.459 e. The van der Waals surface area contributed by atoms with Gasteiger partial charge in [-0.05, 0) is 36.4 Å². The topological polar surface area (TPSA) is 65.2 Å². The molecule has 4 aromatic rings. The number of aromatic nitrogens is 2. The van der Waals surface area contributed by atoms with Crippen molar-refractivity contribution in [1.29, 1.82) is 0 Å². The molecule has 0 aliphatic carbocycles. The Hall–Kier alpha value is -2.60. The Morgan fingerprint density at radius 1 is 0.727 bits per heavy atom. The van der Waals surface area contributed by atoms with E-state index >= 15 is 0 Å². The van der Waals surface area contributed by atoms with E-state index in [9.17, 15) is 0 Å². The number of benzene rings is 1. The molecule has 4 rings (SSSR count). The Balaban J connectivity index is 1.65. The van der Waals surface area contributed by atoms with Gasteiger partial charge in [0.15, 0.2) is 11.5 Å². The number of rotatable bonds is 3. The molecule has 1 aromatic carbocycles. The summed E-state index contributed by atoms with van der Waals surface area (Å²) in [6.45, 7) is 0. The third-order valence-corrected chi connectivity index (χ3v) is 3.63. The molecule has 0 atom stereocenters. The molecule has 0 unspecified atom stereocenters. The first-order chi connectivity index (χ1) is 10.8. The highest BCUT2D eigenvalue weighted by molar-refractivity contribution is 9.10. The smallest absolute Gasteiger partial charge is 0.284 e. The number of hydrogen-bond acceptors (Lipinski definition) is 5. The Morgan fingerprint density at radius 2 is 1.45 bits per heavy atom. The van der Waals surface area contributed by atoms with E-state index < -0.39 is 0 Å². The van der Waals surface area contributed by atoms with Crippen LogP contribution in [-0.4, -0.2) is 10.2 Å². The maximum Gasteiger partial charge on any atom is 0.284 e. The molecule has 6 heteroatoms. The fraction of sp³-hybridized carbons (Fsp3) is 0. The first kappa shape index (κ1) is 13.1. The molecule has 0 N–H and O–H groups in total. The maximum absolute atomic E-state index is 5.78. The van der Waals surface area contributed by atoms with Gasteiger partial charge in [0.25, 0.3) is 11.8 Å². The summed E-state index contributed by atoms with van der Waals surface area (Å²) in [6.07, 6.45) is 1.55. The van der Waals surface area contributed by atoms with E-state index in [1.165, 1.54) is 0 Å². The molecule has 3 aromatic heterocycles. The third kappa shape index (κ3) is 2.37. The van der Waals surface area contributed by atoms with E-state index in [1.54, 1.807) is 24.5 Å². The molecule has 22 heavy (non-hydrogen) atoms. The van der Waals surface area contributed by atoms with Gasteiger partial charge in [-0.3, -0.25) is 0 Å².